The van der Waals surface area contributed by atoms with Gasteiger partial charge in [-0.15, -0.1) is 0 Å². The van der Waals surface area contributed by atoms with Gasteiger partial charge in [-0.05, 0) is 51.2 Å². The predicted molar refractivity (Wildman–Crippen MR) is 79.2 cm³/mol. The Morgan fingerprint density at radius 2 is 1.89 bits per heavy atom. The third kappa shape index (κ3) is 3.30. The fraction of sp³-hybridized carbons (Fsp3) is 0.600. The van der Waals surface area contributed by atoms with Crippen LogP contribution in [0.25, 0.3) is 0 Å². The highest BCUT2D eigenvalue weighted by Crippen LogP contribution is 2.41. The summed E-state index contributed by atoms with van der Waals surface area (Å²) in [5, 5.41) is 3.43. The molecule has 0 amide bonds. The van der Waals surface area contributed by atoms with Crippen LogP contribution >= 0.6 is 0 Å². The van der Waals surface area contributed by atoms with Gasteiger partial charge in [0.2, 0.25) is 0 Å². The summed E-state index contributed by atoms with van der Waals surface area (Å²) in [6.45, 7) is 6.18. The molecule has 1 aliphatic rings. The summed E-state index contributed by atoms with van der Waals surface area (Å²) in [7, 11) is -3.18. The lowest BCUT2D eigenvalue weighted by Gasteiger charge is -2.28. The fourth-order valence-corrected chi connectivity index (χ4v) is 3.97. The van der Waals surface area contributed by atoms with Gasteiger partial charge in [0, 0.05) is 5.54 Å². The molecule has 19 heavy (non-hydrogen) atoms. The van der Waals surface area contributed by atoms with Crippen LogP contribution in [0.2, 0.25) is 0 Å². The van der Waals surface area contributed by atoms with E-state index in [-0.39, 0.29) is 11.3 Å². The van der Waals surface area contributed by atoms with Gasteiger partial charge in [-0.25, -0.2) is 8.42 Å². The van der Waals surface area contributed by atoms with Crippen LogP contribution in [0.4, 0.5) is 5.69 Å². The number of hydrogen-bond acceptors (Lipinski definition) is 3. The van der Waals surface area contributed by atoms with Crippen LogP contribution in [-0.2, 0) is 9.84 Å². The van der Waals surface area contributed by atoms with Crippen LogP contribution in [0, 0.1) is 5.92 Å². The molecule has 1 aromatic rings. The molecule has 1 saturated carbocycles. The SMILES string of the molecule is CCCS(=O)(=O)c1ccccc1NC(C)(C)C1CC1. The third-order valence-corrected chi connectivity index (χ3v) is 5.72. The highest BCUT2D eigenvalue weighted by molar-refractivity contribution is 7.91. The molecule has 0 saturated heterocycles. The Morgan fingerprint density at radius 1 is 1.26 bits per heavy atom. The molecule has 1 aromatic carbocycles. The molecule has 0 bridgehead atoms. The van der Waals surface area contributed by atoms with E-state index in [0.29, 0.717) is 17.2 Å². The number of benzene rings is 1. The van der Waals surface area contributed by atoms with Gasteiger partial charge in [-0.1, -0.05) is 19.1 Å². The van der Waals surface area contributed by atoms with Crippen LogP contribution in [0.3, 0.4) is 0 Å². The Balaban J connectivity index is 2.31. The Labute approximate surface area is 116 Å². The van der Waals surface area contributed by atoms with E-state index in [1.54, 1.807) is 12.1 Å². The first-order valence-corrected chi connectivity index (χ1v) is 8.62. The molecular formula is C15H23NO2S. The van der Waals surface area contributed by atoms with Crippen LogP contribution in [0.5, 0.6) is 0 Å². The maximum absolute atomic E-state index is 12.3. The molecule has 0 radical (unpaired) electrons. The summed E-state index contributed by atoms with van der Waals surface area (Å²) >= 11 is 0. The highest BCUT2D eigenvalue weighted by Gasteiger charge is 2.38. The minimum atomic E-state index is -3.18. The minimum absolute atomic E-state index is 0.0438. The summed E-state index contributed by atoms with van der Waals surface area (Å²) in [6.07, 6.45) is 3.09. The zero-order valence-corrected chi connectivity index (χ0v) is 12.8. The van der Waals surface area contributed by atoms with Gasteiger partial charge in [-0.3, -0.25) is 0 Å². The molecule has 0 aliphatic heterocycles. The van der Waals surface area contributed by atoms with Gasteiger partial charge in [0.05, 0.1) is 16.3 Å². The molecule has 0 aromatic heterocycles. The van der Waals surface area contributed by atoms with Gasteiger partial charge < -0.3 is 5.32 Å². The summed E-state index contributed by atoms with van der Waals surface area (Å²) < 4.78 is 24.6. The van der Waals surface area contributed by atoms with Gasteiger partial charge in [-0.2, -0.15) is 0 Å². The van der Waals surface area contributed by atoms with Gasteiger partial charge in [0.1, 0.15) is 0 Å². The molecule has 0 unspecified atom stereocenters. The molecule has 1 N–H and O–H groups in total. The van der Waals surface area contributed by atoms with E-state index in [1.807, 2.05) is 19.1 Å². The van der Waals surface area contributed by atoms with Crippen molar-refractivity contribution in [2.24, 2.45) is 5.92 Å². The molecule has 4 heteroatoms. The lowest BCUT2D eigenvalue weighted by Crippen LogP contribution is -2.34. The van der Waals surface area contributed by atoms with Gasteiger partial charge >= 0.3 is 0 Å². The third-order valence-electron chi connectivity index (χ3n) is 3.75. The van der Waals surface area contributed by atoms with Crippen molar-refractivity contribution >= 4 is 15.5 Å². The molecule has 1 aliphatic carbocycles. The summed E-state index contributed by atoms with van der Waals surface area (Å²) in [4.78, 5) is 0.436. The molecular weight excluding hydrogens is 258 g/mol. The van der Waals surface area contributed by atoms with Crippen LogP contribution in [-0.4, -0.2) is 19.7 Å². The normalized spacial score (nSPS) is 16.4. The number of hydrogen-bond donors (Lipinski definition) is 1. The number of anilines is 1. The summed E-state index contributed by atoms with van der Waals surface area (Å²) in [6, 6.07) is 7.25. The number of rotatable bonds is 6. The van der Waals surface area contributed by atoms with E-state index in [1.165, 1.54) is 12.8 Å². The van der Waals surface area contributed by atoms with Crippen molar-refractivity contribution in [1.82, 2.24) is 0 Å². The van der Waals surface area contributed by atoms with E-state index in [0.717, 1.165) is 5.69 Å². The fourth-order valence-electron chi connectivity index (χ4n) is 2.47. The number of sulfone groups is 1. The van der Waals surface area contributed by atoms with Crippen molar-refractivity contribution in [1.29, 1.82) is 0 Å². The summed E-state index contributed by atoms with van der Waals surface area (Å²) in [5.41, 5.74) is 0.700. The maximum Gasteiger partial charge on any atom is 0.180 e. The average Bonchev–Trinajstić information content (AvgIpc) is 3.12. The van der Waals surface area contributed by atoms with Gasteiger partial charge in [0.15, 0.2) is 9.84 Å². The van der Waals surface area contributed by atoms with Crippen molar-refractivity contribution in [3.8, 4) is 0 Å². The average molecular weight is 281 g/mol. The highest BCUT2D eigenvalue weighted by atomic mass is 32.2. The van der Waals surface area contributed by atoms with E-state index >= 15 is 0 Å². The first-order valence-electron chi connectivity index (χ1n) is 6.97. The topological polar surface area (TPSA) is 46.2 Å². The second-order valence-electron chi connectivity index (χ2n) is 5.94. The first-order chi connectivity index (χ1) is 8.87. The first kappa shape index (κ1) is 14.4. The maximum atomic E-state index is 12.3. The quantitative estimate of drug-likeness (QED) is 0.868. The van der Waals surface area contributed by atoms with Crippen molar-refractivity contribution in [3.05, 3.63) is 24.3 Å². The summed E-state index contributed by atoms with van der Waals surface area (Å²) in [5.74, 6) is 0.852. The lowest BCUT2D eigenvalue weighted by molar-refractivity contribution is 0.493. The van der Waals surface area contributed by atoms with E-state index in [2.05, 4.69) is 19.2 Å². The number of nitrogens with one attached hydrogen (secondary N) is 1. The Hall–Kier alpha value is -1.03. The van der Waals surface area contributed by atoms with Crippen LogP contribution in [0.1, 0.15) is 40.0 Å². The van der Waals surface area contributed by atoms with E-state index in [4.69, 9.17) is 0 Å². The van der Waals surface area contributed by atoms with E-state index in [9.17, 15) is 8.42 Å². The van der Waals surface area contributed by atoms with Crippen molar-refractivity contribution in [3.63, 3.8) is 0 Å². The monoisotopic (exact) mass is 281 g/mol. The van der Waals surface area contributed by atoms with Gasteiger partial charge in [0.25, 0.3) is 0 Å². The van der Waals surface area contributed by atoms with Crippen molar-refractivity contribution < 1.29 is 8.42 Å². The standard InChI is InChI=1S/C15H23NO2S/c1-4-11-19(17,18)14-8-6-5-7-13(14)16-15(2,3)12-9-10-12/h5-8,12,16H,4,9-11H2,1-3H3. The van der Waals surface area contributed by atoms with Crippen LogP contribution < -0.4 is 5.32 Å². The minimum Gasteiger partial charge on any atom is -0.379 e. The Bertz CT molecular complexity index is 545. The second kappa shape index (κ2) is 5.16. The smallest absolute Gasteiger partial charge is 0.180 e. The Morgan fingerprint density at radius 3 is 2.47 bits per heavy atom. The molecule has 2 rings (SSSR count). The molecule has 106 valence electrons. The zero-order chi connectivity index (χ0) is 14.1. The molecule has 0 spiro atoms. The predicted octanol–water partition coefficient (Wildman–Crippen LogP) is 3.47. The largest absolute Gasteiger partial charge is 0.379 e. The molecule has 0 atom stereocenters. The zero-order valence-electron chi connectivity index (χ0n) is 11.9. The van der Waals surface area contributed by atoms with Crippen molar-refractivity contribution in [2.75, 3.05) is 11.1 Å². The molecule has 3 nitrogen and oxygen atoms in total. The second-order valence-corrected chi connectivity index (χ2v) is 8.01. The van der Waals surface area contributed by atoms with Crippen molar-refractivity contribution in [2.45, 2.75) is 50.5 Å². The Kier molecular flexibility index (Phi) is 3.90. The van der Waals surface area contributed by atoms with Crippen LogP contribution in [0.15, 0.2) is 29.2 Å². The molecule has 0 heterocycles. The number of para-hydroxylation sites is 1. The lowest BCUT2D eigenvalue weighted by atomic mass is 9.98. The molecule has 1 fully saturated rings. The van der Waals surface area contributed by atoms with E-state index < -0.39 is 9.84 Å².